The average Bonchev–Trinajstić information content (AvgIpc) is 2.83. The standard InChI is InChI=1S/C15H25N3O2S/c1-11(2)17-15(13(19)20-4)7-5-6-12(10-15)21-14-16-8-9-18(14)3/h8-9,11-12,17H,5-7,10H2,1-4H3. The highest BCUT2D eigenvalue weighted by Gasteiger charge is 2.44. The SMILES string of the molecule is COC(=O)C1(NC(C)C)CCCC(Sc2nccn2C)C1. The summed E-state index contributed by atoms with van der Waals surface area (Å²) in [6.07, 6.45) is 7.52. The molecule has 0 spiro atoms. The third-order valence-corrected chi connectivity index (χ3v) is 5.24. The van der Waals surface area contributed by atoms with Crippen LogP contribution in [0.15, 0.2) is 17.6 Å². The summed E-state index contributed by atoms with van der Waals surface area (Å²) in [5, 5.41) is 4.84. The van der Waals surface area contributed by atoms with Gasteiger partial charge in [-0.25, -0.2) is 4.98 Å². The first-order valence-corrected chi connectivity index (χ1v) is 8.35. The summed E-state index contributed by atoms with van der Waals surface area (Å²) < 4.78 is 7.09. The molecule has 2 unspecified atom stereocenters. The molecular weight excluding hydrogens is 286 g/mol. The lowest BCUT2D eigenvalue weighted by Crippen LogP contribution is -2.58. The van der Waals surface area contributed by atoms with Gasteiger partial charge in [-0.2, -0.15) is 0 Å². The molecule has 0 aliphatic heterocycles. The van der Waals surface area contributed by atoms with Crippen LogP contribution in [0, 0.1) is 0 Å². The molecule has 0 aromatic carbocycles. The first kappa shape index (κ1) is 16.4. The van der Waals surface area contributed by atoms with Gasteiger partial charge in [-0.15, -0.1) is 0 Å². The summed E-state index contributed by atoms with van der Waals surface area (Å²) in [6, 6.07) is 0.251. The number of esters is 1. The lowest BCUT2D eigenvalue weighted by Gasteiger charge is -2.40. The van der Waals surface area contributed by atoms with Crippen LogP contribution in [0.5, 0.6) is 0 Å². The van der Waals surface area contributed by atoms with Crippen LogP contribution in [0.3, 0.4) is 0 Å². The van der Waals surface area contributed by atoms with Gasteiger partial charge < -0.3 is 9.30 Å². The van der Waals surface area contributed by atoms with Gasteiger partial charge in [0.1, 0.15) is 5.54 Å². The second-order valence-corrected chi connectivity index (χ2v) is 7.30. The molecule has 6 heteroatoms. The Morgan fingerprint density at radius 2 is 2.38 bits per heavy atom. The number of nitrogens with zero attached hydrogens (tertiary/aromatic N) is 2. The summed E-state index contributed by atoms with van der Waals surface area (Å²) in [6.45, 7) is 4.14. The molecule has 0 bridgehead atoms. The van der Waals surface area contributed by atoms with E-state index in [1.807, 2.05) is 24.0 Å². The molecule has 1 N–H and O–H groups in total. The first-order valence-electron chi connectivity index (χ1n) is 7.47. The number of ether oxygens (including phenoxy) is 1. The van der Waals surface area contributed by atoms with Gasteiger partial charge >= 0.3 is 5.97 Å². The van der Waals surface area contributed by atoms with E-state index in [-0.39, 0.29) is 12.0 Å². The largest absolute Gasteiger partial charge is 0.468 e. The zero-order chi connectivity index (χ0) is 15.5. The van der Waals surface area contributed by atoms with E-state index < -0.39 is 5.54 Å². The van der Waals surface area contributed by atoms with Crippen molar-refractivity contribution in [2.45, 2.75) is 61.5 Å². The van der Waals surface area contributed by atoms with Crippen LogP contribution in [0.1, 0.15) is 39.5 Å². The van der Waals surface area contributed by atoms with Crippen LogP contribution < -0.4 is 5.32 Å². The molecule has 5 nitrogen and oxygen atoms in total. The van der Waals surface area contributed by atoms with E-state index in [9.17, 15) is 4.79 Å². The van der Waals surface area contributed by atoms with Crippen molar-refractivity contribution >= 4 is 17.7 Å². The Kier molecular flexibility index (Phi) is 5.32. The minimum absolute atomic E-state index is 0.138. The summed E-state index contributed by atoms with van der Waals surface area (Å²) >= 11 is 1.76. The zero-order valence-electron chi connectivity index (χ0n) is 13.3. The number of carbonyl (C=O) groups is 1. The smallest absolute Gasteiger partial charge is 0.326 e. The Morgan fingerprint density at radius 1 is 1.62 bits per heavy atom. The van der Waals surface area contributed by atoms with Crippen molar-refractivity contribution in [1.29, 1.82) is 0 Å². The number of nitrogens with one attached hydrogen (secondary N) is 1. The van der Waals surface area contributed by atoms with E-state index in [4.69, 9.17) is 4.74 Å². The van der Waals surface area contributed by atoms with Crippen LogP contribution in [0.2, 0.25) is 0 Å². The molecule has 1 saturated carbocycles. The molecule has 1 aromatic rings. The van der Waals surface area contributed by atoms with Crippen molar-refractivity contribution in [1.82, 2.24) is 14.9 Å². The molecule has 118 valence electrons. The van der Waals surface area contributed by atoms with E-state index in [1.54, 1.807) is 11.8 Å². The molecule has 21 heavy (non-hydrogen) atoms. The van der Waals surface area contributed by atoms with Crippen LogP contribution in [0.4, 0.5) is 0 Å². The zero-order valence-corrected chi connectivity index (χ0v) is 14.1. The number of hydrogen-bond acceptors (Lipinski definition) is 5. The van der Waals surface area contributed by atoms with Crippen molar-refractivity contribution in [2.24, 2.45) is 7.05 Å². The molecule has 2 rings (SSSR count). The Balaban J connectivity index is 2.12. The van der Waals surface area contributed by atoms with Gasteiger partial charge in [0.25, 0.3) is 0 Å². The third-order valence-electron chi connectivity index (χ3n) is 3.90. The molecule has 1 aromatic heterocycles. The average molecular weight is 311 g/mol. The lowest BCUT2D eigenvalue weighted by atomic mass is 9.81. The van der Waals surface area contributed by atoms with Gasteiger partial charge in [-0.05, 0) is 39.5 Å². The van der Waals surface area contributed by atoms with Gasteiger partial charge in [0.2, 0.25) is 0 Å². The molecule has 0 amide bonds. The van der Waals surface area contributed by atoms with E-state index in [0.29, 0.717) is 5.25 Å². The number of rotatable bonds is 5. The van der Waals surface area contributed by atoms with Crippen LogP contribution in [-0.4, -0.2) is 39.5 Å². The molecule has 1 aliphatic rings. The Morgan fingerprint density at radius 3 is 2.95 bits per heavy atom. The van der Waals surface area contributed by atoms with Crippen molar-refractivity contribution in [2.75, 3.05) is 7.11 Å². The predicted molar refractivity (Wildman–Crippen MR) is 84.3 cm³/mol. The minimum atomic E-state index is -0.552. The molecule has 1 heterocycles. The Bertz CT molecular complexity index is 489. The quantitative estimate of drug-likeness (QED) is 0.846. The molecule has 1 fully saturated rings. The monoisotopic (exact) mass is 311 g/mol. The summed E-state index contributed by atoms with van der Waals surface area (Å²) in [7, 11) is 3.47. The Labute approximate surface area is 130 Å². The van der Waals surface area contributed by atoms with Crippen LogP contribution in [0.25, 0.3) is 0 Å². The molecule has 1 aliphatic carbocycles. The summed E-state index contributed by atoms with van der Waals surface area (Å²) in [4.78, 5) is 16.7. The number of imidazole rings is 1. The number of hydrogen-bond donors (Lipinski definition) is 1. The highest BCUT2D eigenvalue weighted by molar-refractivity contribution is 7.99. The van der Waals surface area contributed by atoms with Crippen molar-refractivity contribution in [3.05, 3.63) is 12.4 Å². The number of aryl methyl sites for hydroxylation is 1. The van der Waals surface area contributed by atoms with E-state index >= 15 is 0 Å². The fourth-order valence-corrected chi connectivity index (χ4v) is 4.36. The molecule has 0 saturated heterocycles. The number of methoxy groups -OCH3 is 1. The fourth-order valence-electron chi connectivity index (χ4n) is 3.06. The lowest BCUT2D eigenvalue weighted by molar-refractivity contribution is -0.150. The second kappa shape index (κ2) is 6.83. The summed E-state index contributed by atoms with van der Waals surface area (Å²) in [5.41, 5.74) is -0.552. The van der Waals surface area contributed by atoms with Crippen LogP contribution in [-0.2, 0) is 16.6 Å². The van der Waals surface area contributed by atoms with E-state index in [1.165, 1.54) is 7.11 Å². The van der Waals surface area contributed by atoms with Gasteiger partial charge in [-0.1, -0.05) is 11.8 Å². The topological polar surface area (TPSA) is 56.1 Å². The highest BCUT2D eigenvalue weighted by atomic mass is 32.2. The van der Waals surface area contributed by atoms with Gasteiger partial charge in [0.05, 0.1) is 7.11 Å². The van der Waals surface area contributed by atoms with Gasteiger partial charge in [-0.3, -0.25) is 10.1 Å². The maximum absolute atomic E-state index is 12.3. The van der Waals surface area contributed by atoms with E-state index in [0.717, 1.165) is 30.8 Å². The molecule has 2 atom stereocenters. The molecular formula is C15H25N3O2S. The number of carbonyl (C=O) groups excluding carboxylic acids is 1. The van der Waals surface area contributed by atoms with Crippen molar-refractivity contribution in [3.8, 4) is 0 Å². The van der Waals surface area contributed by atoms with E-state index in [2.05, 4.69) is 24.1 Å². The van der Waals surface area contributed by atoms with Crippen molar-refractivity contribution in [3.63, 3.8) is 0 Å². The second-order valence-electron chi connectivity index (χ2n) is 6.03. The normalized spacial score (nSPS) is 26.0. The van der Waals surface area contributed by atoms with Gasteiger partial charge in [0, 0.05) is 30.7 Å². The first-order chi connectivity index (χ1) is 9.97. The maximum Gasteiger partial charge on any atom is 0.326 e. The Hall–Kier alpha value is -1.01. The van der Waals surface area contributed by atoms with Crippen LogP contribution >= 0.6 is 11.8 Å². The maximum atomic E-state index is 12.3. The molecule has 0 radical (unpaired) electrons. The summed E-state index contributed by atoms with van der Waals surface area (Å²) in [5.74, 6) is -0.138. The van der Waals surface area contributed by atoms with Crippen molar-refractivity contribution < 1.29 is 9.53 Å². The third kappa shape index (κ3) is 3.80. The fraction of sp³-hybridized carbons (Fsp3) is 0.733. The minimum Gasteiger partial charge on any atom is -0.468 e. The van der Waals surface area contributed by atoms with Gasteiger partial charge in [0.15, 0.2) is 5.16 Å². The predicted octanol–water partition coefficient (Wildman–Crippen LogP) is 2.36. The highest BCUT2D eigenvalue weighted by Crippen LogP contribution is 2.38. The number of thioether (sulfide) groups is 1. The number of aromatic nitrogens is 2.